The predicted molar refractivity (Wildman–Crippen MR) is 55.2 cm³/mol. The van der Waals surface area contributed by atoms with Gasteiger partial charge in [-0.05, 0) is 6.92 Å². The lowest BCUT2D eigenvalue weighted by molar-refractivity contribution is -0.367. The lowest BCUT2D eigenvalue weighted by Crippen LogP contribution is -2.48. The second-order valence-corrected chi connectivity index (χ2v) is 4.16. The number of hydrogen-bond acceptors (Lipinski definition) is 7. The van der Waals surface area contributed by atoms with E-state index in [1.54, 1.807) is 6.08 Å². The molecular weight excluding hydrogens is 236 g/mol. The highest BCUT2D eigenvalue weighted by atomic mass is 28.4. The van der Waals surface area contributed by atoms with Crippen LogP contribution in [0.3, 0.4) is 0 Å². The molecule has 0 aromatic rings. The van der Waals surface area contributed by atoms with Crippen LogP contribution in [0, 0.1) is 0 Å². The van der Waals surface area contributed by atoms with Gasteiger partial charge >= 0.3 is 9.05 Å². The molecule has 0 rings (SSSR count). The van der Waals surface area contributed by atoms with Crippen LogP contribution in [0.1, 0.15) is 20.3 Å². The molecule has 0 heterocycles. The van der Waals surface area contributed by atoms with Crippen molar-refractivity contribution in [2.24, 2.45) is 0 Å². The average molecular weight is 254 g/mol. The van der Waals surface area contributed by atoms with Gasteiger partial charge in [-0.15, -0.1) is 0 Å². The van der Waals surface area contributed by atoms with E-state index in [2.05, 4.69) is 14.7 Å². The first kappa shape index (κ1) is 15.5. The fourth-order valence-electron chi connectivity index (χ4n) is 0.895. The Balaban J connectivity index is 4.70. The molecule has 0 atom stereocenters. The molecule has 0 aliphatic carbocycles. The summed E-state index contributed by atoms with van der Waals surface area (Å²) in [6.45, 7) is 3.71. The van der Waals surface area contributed by atoms with Crippen molar-refractivity contribution in [1.29, 1.82) is 0 Å². The number of hydrogen-bond donors (Lipinski definition) is 0. The molecule has 0 fully saturated rings. The minimum Gasteiger partial charge on any atom is -0.481 e. The molecule has 16 heavy (non-hydrogen) atoms. The zero-order valence-electron chi connectivity index (χ0n) is 10.1. The Labute approximate surface area is 96.1 Å². The smallest absolute Gasteiger partial charge is 0.481 e. The molecule has 0 saturated heterocycles. The van der Waals surface area contributed by atoms with E-state index in [1.807, 2.05) is 13.8 Å². The minimum atomic E-state index is -3.64. The zero-order valence-corrected chi connectivity index (χ0v) is 11.1. The second kappa shape index (κ2) is 8.64. The van der Waals surface area contributed by atoms with Crippen molar-refractivity contribution in [1.82, 2.24) is 0 Å². The van der Waals surface area contributed by atoms with Crippen LogP contribution in [0.5, 0.6) is 0 Å². The maximum Gasteiger partial charge on any atom is 0.834 e. The molecule has 0 N–H and O–H groups in total. The maximum absolute atomic E-state index is 5.42. The first-order valence-corrected chi connectivity index (χ1v) is 6.31. The summed E-state index contributed by atoms with van der Waals surface area (Å²) >= 11 is 0. The van der Waals surface area contributed by atoms with Crippen LogP contribution >= 0.6 is 0 Å². The zero-order chi connectivity index (χ0) is 12.4. The van der Waals surface area contributed by atoms with Gasteiger partial charge < -0.3 is 4.43 Å². The van der Waals surface area contributed by atoms with Gasteiger partial charge in [0.15, 0.2) is 0 Å². The van der Waals surface area contributed by atoms with Crippen LogP contribution in [0.15, 0.2) is 11.8 Å². The Hall–Kier alpha value is -0.483. The van der Waals surface area contributed by atoms with Gasteiger partial charge in [0, 0.05) is 6.42 Å². The number of allylic oxidation sites excluding steroid dienone is 2. The molecule has 8 heteroatoms. The van der Waals surface area contributed by atoms with Crippen LogP contribution < -0.4 is 0 Å². The van der Waals surface area contributed by atoms with Crippen molar-refractivity contribution in [2.45, 2.75) is 20.3 Å². The summed E-state index contributed by atoms with van der Waals surface area (Å²) in [5, 5.41) is 0. The molecule has 0 bridgehead atoms. The van der Waals surface area contributed by atoms with E-state index in [4.69, 9.17) is 18.2 Å². The van der Waals surface area contributed by atoms with Gasteiger partial charge in [-0.2, -0.15) is 13.7 Å². The van der Waals surface area contributed by atoms with E-state index in [1.165, 1.54) is 21.3 Å². The van der Waals surface area contributed by atoms with Crippen molar-refractivity contribution in [3.63, 3.8) is 0 Å². The van der Waals surface area contributed by atoms with Gasteiger partial charge in [-0.3, -0.25) is 0 Å². The van der Waals surface area contributed by atoms with Crippen molar-refractivity contribution in [2.75, 3.05) is 21.3 Å². The largest absolute Gasteiger partial charge is 0.834 e. The van der Waals surface area contributed by atoms with Crippen LogP contribution in [-0.4, -0.2) is 30.4 Å². The highest BCUT2D eigenvalue weighted by Gasteiger charge is 2.55. The molecule has 0 saturated carbocycles. The Kier molecular flexibility index (Phi) is 8.38. The summed E-state index contributed by atoms with van der Waals surface area (Å²) < 4.78 is 19.9. The van der Waals surface area contributed by atoms with Gasteiger partial charge in [-0.1, -0.05) is 13.0 Å². The van der Waals surface area contributed by atoms with Crippen LogP contribution in [0.25, 0.3) is 0 Å². The quantitative estimate of drug-likeness (QED) is 0.267. The first-order chi connectivity index (χ1) is 7.67. The summed E-state index contributed by atoms with van der Waals surface area (Å²) in [6, 6.07) is 0. The SMILES string of the molecule is CC=C(CC)O[Si](OOC)(OOC)OOC. The van der Waals surface area contributed by atoms with Crippen LogP contribution in [-0.2, 0) is 32.8 Å². The van der Waals surface area contributed by atoms with E-state index in [0.29, 0.717) is 12.2 Å². The molecule has 96 valence electrons. The fraction of sp³-hybridized carbons (Fsp3) is 0.750. The van der Waals surface area contributed by atoms with Gasteiger partial charge in [0.1, 0.15) is 0 Å². The van der Waals surface area contributed by atoms with E-state index in [0.717, 1.165) is 0 Å². The normalized spacial score (nSPS) is 12.9. The van der Waals surface area contributed by atoms with Gasteiger partial charge in [-0.25, -0.2) is 14.7 Å². The summed E-state index contributed by atoms with van der Waals surface area (Å²) in [5.74, 6) is 0.609. The van der Waals surface area contributed by atoms with Crippen molar-refractivity contribution in [3.8, 4) is 0 Å². The molecule has 7 nitrogen and oxygen atoms in total. The first-order valence-electron chi connectivity index (χ1n) is 4.67. The monoisotopic (exact) mass is 254 g/mol. The molecule has 0 aliphatic heterocycles. The highest BCUT2D eigenvalue weighted by molar-refractivity contribution is 6.53. The van der Waals surface area contributed by atoms with Gasteiger partial charge in [0.25, 0.3) is 0 Å². The Morgan fingerprint density at radius 1 is 1.00 bits per heavy atom. The minimum absolute atomic E-state index is 0.609. The standard InChI is InChI=1S/C8H18O7Si/c1-6-8(7-2)12-16(13-9-3,14-10-4)15-11-5/h6H,7H2,1-5H3. The van der Waals surface area contributed by atoms with Crippen LogP contribution in [0.2, 0.25) is 0 Å². The van der Waals surface area contributed by atoms with Crippen molar-refractivity contribution in [3.05, 3.63) is 11.8 Å². The van der Waals surface area contributed by atoms with Gasteiger partial charge in [0.2, 0.25) is 0 Å². The maximum atomic E-state index is 5.42. The molecule has 0 radical (unpaired) electrons. The molecule has 0 aliphatic rings. The lowest BCUT2D eigenvalue weighted by atomic mass is 10.4. The van der Waals surface area contributed by atoms with Gasteiger partial charge in [0.05, 0.1) is 27.1 Å². The summed E-state index contributed by atoms with van der Waals surface area (Å²) in [5.41, 5.74) is 0. The summed E-state index contributed by atoms with van der Waals surface area (Å²) in [7, 11) is 0.253. The van der Waals surface area contributed by atoms with Crippen LogP contribution in [0.4, 0.5) is 0 Å². The van der Waals surface area contributed by atoms with E-state index >= 15 is 0 Å². The highest BCUT2D eigenvalue weighted by Crippen LogP contribution is 2.18. The molecule has 0 amide bonds. The van der Waals surface area contributed by atoms with Crippen molar-refractivity contribution >= 4 is 9.05 Å². The third-order valence-electron chi connectivity index (χ3n) is 1.48. The fourth-order valence-corrected chi connectivity index (χ4v) is 2.28. The Morgan fingerprint density at radius 3 is 1.69 bits per heavy atom. The number of rotatable bonds is 9. The Bertz CT molecular complexity index is 192. The summed E-state index contributed by atoms with van der Waals surface area (Å²) in [6.07, 6.45) is 2.39. The third-order valence-corrected chi connectivity index (χ3v) is 3.11. The second-order valence-electron chi connectivity index (χ2n) is 2.46. The average Bonchev–Trinajstić information content (AvgIpc) is 2.27. The lowest BCUT2D eigenvalue weighted by Gasteiger charge is -2.23. The molecule has 0 spiro atoms. The van der Waals surface area contributed by atoms with E-state index in [-0.39, 0.29) is 0 Å². The summed E-state index contributed by atoms with van der Waals surface area (Å²) in [4.78, 5) is 13.5. The molecule has 0 aromatic heterocycles. The van der Waals surface area contributed by atoms with E-state index in [9.17, 15) is 0 Å². The van der Waals surface area contributed by atoms with Crippen molar-refractivity contribution < 1.29 is 32.8 Å². The molecule has 0 aromatic carbocycles. The topological polar surface area (TPSA) is 64.6 Å². The molecular formula is C8H18O7Si. The third kappa shape index (κ3) is 5.03. The predicted octanol–water partition coefficient (Wildman–Crippen LogP) is 1.49. The van der Waals surface area contributed by atoms with E-state index < -0.39 is 9.05 Å². The molecule has 0 unspecified atom stereocenters. The Morgan fingerprint density at radius 2 is 1.44 bits per heavy atom.